The van der Waals surface area contributed by atoms with Crippen molar-refractivity contribution in [3.8, 4) is 0 Å². The Labute approximate surface area is 183 Å². The summed E-state index contributed by atoms with van der Waals surface area (Å²) in [5, 5.41) is 14.7. The first kappa shape index (κ1) is 22.2. The van der Waals surface area contributed by atoms with E-state index in [1.807, 2.05) is 6.07 Å². The van der Waals surface area contributed by atoms with Gasteiger partial charge in [0.05, 0.1) is 12.6 Å². The third-order valence-corrected chi connectivity index (χ3v) is 4.90. The molecule has 2 heterocycles. The van der Waals surface area contributed by atoms with Gasteiger partial charge in [-0.05, 0) is 31.5 Å². The van der Waals surface area contributed by atoms with E-state index in [1.54, 1.807) is 24.3 Å². The highest BCUT2D eigenvalue weighted by Crippen LogP contribution is 2.20. The van der Waals surface area contributed by atoms with Gasteiger partial charge in [0, 0.05) is 0 Å². The van der Waals surface area contributed by atoms with Crippen LogP contribution in [0.2, 0.25) is 5.15 Å². The van der Waals surface area contributed by atoms with E-state index in [9.17, 15) is 14.7 Å². The van der Waals surface area contributed by atoms with Crippen LogP contribution in [0.4, 0.5) is 16.4 Å². The number of nitrogens with two attached hydrogens (primary N) is 2. The molecule has 11 nitrogen and oxygen atoms in total. The van der Waals surface area contributed by atoms with Crippen LogP contribution < -0.4 is 22.1 Å². The number of nitrogen functional groups attached to an aromatic ring is 2. The molecule has 1 saturated heterocycles. The summed E-state index contributed by atoms with van der Waals surface area (Å²) in [6, 6.07) is 8.88. The normalized spacial score (nSPS) is 14.8. The number of rotatable bonds is 4. The summed E-state index contributed by atoms with van der Waals surface area (Å²) in [5.74, 6) is -1.17. The Kier molecular flexibility index (Phi) is 7.21. The number of nitrogens with one attached hydrogen (secondary N) is 2. The van der Waals surface area contributed by atoms with E-state index in [-0.39, 0.29) is 41.0 Å². The number of aliphatic imine (C=N–C) groups is 1. The van der Waals surface area contributed by atoms with Gasteiger partial charge in [-0.25, -0.2) is 19.8 Å². The smallest absolute Gasteiger partial charge is 0.411 e. The number of anilines is 2. The predicted octanol–water partition coefficient (Wildman–Crippen LogP) is 1.31. The second-order valence-electron chi connectivity index (χ2n) is 6.87. The molecule has 0 bridgehead atoms. The Bertz CT molecular complexity index is 980. The number of nitrogens with zero attached hydrogens (tertiary/aromatic N) is 4. The van der Waals surface area contributed by atoms with Crippen molar-refractivity contribution in [1.82, 2.24) is 25.5 Å². The zero-order chi connectivity index (χ0) is 22.4. The molecular formula is C19H23ClN8O3. The number of hydrogen-bond acceptors (Lipinski definition) is 8. The minimum absolute atomic E-state index is 0.0207. The van der Waals surface area contributed by atoms with Gasteiger partial charge in [0.25, 0.3) is 5.91 Å². The van der Waals surface area contributed by atoms with Crippen molar-refractivity contribution >= 4 is 41.2 Å². The van der Waals surface area contributed by atoms with Gasteiger partial charge in [-0.15, -0.1) is 0 Å². The fourth-order valence-corrected chi connectivity index (χ4v) is 3.24. The topological polar surface area (TPSA) is 172 Å². The maximum atomic E-state index is 13.4. The van der Waals surface area contributed by atoms with Crippen molar-refractivity contribution in [3.63, 3.8) is 0 Å². The molecule has 31 heavy (non-hydrogen) atoms. The van der Waals surface area contributed by atoms with Gasteiger partial charge in [-0.3, -0.25) is 15.0 Å². The summed E-state index contributed by atoms with van der Waals surface area (Å²) in [6.45, 7) is 1.51. The first-order valence-electron chi connectivity index (χ1n) is 9.58. The van der Waals surface area contributed by atoms with Crippen molar-refractivity contribution in [2.75, 3.05) is 24.6 Å². The van der Waals surface area contributed by atoms with Crippen LogP contribution in [-0.4, -0.2) is 57.1 Å². The van der Waals surface area contributed by atoms with Gasteiger partial charge >= 0.3 is 6.09 Å². The number of benzene rings is 1. The summed E-state index contributed by atoms with van der Waals surface area (Å²) < 4.78 is 0. The van der Waals surface area contributed by atoms with Crippen molar-refractivity contribution in [1.29, 1.82) is 0 Å². The lowest BCUT2D eigenvalue weighted by Gasteiger charge is -2.27. The van der Waals surface area contributed by atoms with Gasteiger partial charge < -0.3 is 21.9 Å². The maximum Gasteiger partial charge on any atom is 0.411 e. The zero-order valence-electron chi connectivity index (χ0n) is 16.6. The van der Waals surface area contributed by atoms with E-state index in [0.29, 0.717) is 12.8 Å². The zero-order valence-corrected chi connectivity index (χ0v) is 17.3. The van der Waals surface area contributed by atoms with E-state index in [4.69, 9.17) is 23.1 Å². The summed E-state index contributed by atoms with van der Waals surface area (Å²) >= 11 is 5.94. The van der Waals surface area contributed by atoms with Gasteiger partial charge in [0.1, 0.15) is 0 Å². The van der Waals surface area contributed by atoms with Crippen LogP contribution in [-0.2, 0) is 6.54 Å². The van der Waals surface area contributed by atoms with Crippen LogP contribution in [0.15, 0.2) is 35.3 Å². The SMILES string of the molecule is Nc1nc(N)c(C(=O)N(Cc2ccccc2)C(=NC2CCNCC2)NC(=O)O)nc1Cl. The van der Waals surface area contributed by atoms with Crippen LogP contribution in [0.5, 0.6) is 0 Å². The Morgan fingerprint density at radius 1 is 1.19 bits per heavy atom. The second kappa shape index (κ2) is 10.0. The molecule has 2 amide bonds. The predicted molar refractivity (Wildman–Crippen MR) is 117 cm³/mol. The lowest BCUT2D eigenvalue weighted by atomic mass is 10.1. The summed E-state index contributed by atoms with van der Waals surface area (Å²) in [5.41, 5.74) is 12.0. The second-order valence-corrected chi connectivity index (χ2v) is 7.23. The van der Waals surface area contributed by atoms with Crippen LogP contribution in [0, 0.1) is 0 Å². The molecule has 164 valence electrons. The third-order valence-electron chi connectivity index (χ3n) is 4.62. The number of piperidine rings is 1. The molecule has 0 unspecified atom stereocenters. The molecule has 1 aliphatic rings. The summed E-state index contributed by atoms with van der Waals surface area (Å²) in [7, 11) is 0. The van der Waals surface area contributed by atoms with Crippen molar-refractivity contribution in [2.45, 2.75) is 25.4 Å². The van der Waals surface area contributed by atoms with E-state index >= 15 is 0 Å². The van der Waals surface area contributed by atoms with Gasteiger partial charge in [0.15, 0.2) is 22.5 Å². The number of carbonyl (C=O) groups excluding carboxylic acids is 1. The molecule has 1 aliphatic heterocycles. The first-order valence-corrected chi connectivity index (χ1v) is 9.95. The van der Waals surface area contributed by atoms with Gasteiger partial charge in [-0.1, -0.05) is 41.9 Å². The highest BCUT2D eigenvalue weighted by molar-refractivity contribution is 6.31. The molecule has 1 aromatic heterocycles. The highest BCUT2D eigenvalue weighted by Gasteiger charge is 2.28. The van der Waals surface area contributed by atoms with Crippen LogP contribution >= 0.6 is 11.6 Å². The molecular weight excluding hydrogens is 424 g/mol. The number of aromatic nitrogens is 2. The molecule has 2 aromatic rings. The van der Waals surface area contributed by atoms with Crippen molar-refractivity contribution in [3.05, 3.63) is 46.7 Å². The van der Waals surface area contributed by atoms with Crippen molar-refractivity contribution < 1.29 is 14.7 Å². The fraction of sp³-hybridized carbons (Fsp3) is 0.316. The fourth-order valence-electron chi connectivity index (χ4n) is 3.11. The average molecular weight is 447 g/mol. The number of amides is 2. The standard InChI is InChI=1S/C19H23ClN8O3/c20-14-16(22)26-15(21)13(25-14)17(29)28(10-11-4-2-1-3-5-11)18(27-19(30)31)24-12-6-8-23-9-7-12/h1-5,12,23H,6-10H2,(H,24,27)(H,30,31)(H4,21,22,26). The third kappa shape index (κ3) is 5.80. The Hall–Kier alpha value is -3.44. The molecule has 3 rings (SSSR count). The van der Waals surface area contributed by atoms with E-state index in [0.717, 1.165) is 18.7 Å². The lowest BCUT2D eigenvalue weighted by Crippen LogP contribution is -2.48. The molecule has 0 aliphatic carbocycles. The molecule has 1 fully saturated rings. The molecule has 0 atom stereocenters. The molecule has 1 aromatic carbocycles. The van der Waals surface area contributed by atoms with Crippen LogP contribution in [0.25, 0.3) is 0 Å². The average Bonchev–Trinajstić information content (AvgIpc) is 2.75. The van der Waals surface area contributed by atoms with E-state index < -0.39 is 12.0 Å². The molecule has 0 saturated carbocycles. The highest BCUT2D eigenvalue weighted by atomic mass is 35.5. The number of carbonyl (C=O) groups is 2. The number of halogens is 1. The van der Waals surface area contributed by atoms with E-state index in [1.165, 1.54) is 4.90 Å². The molecule has 12 heteroatoms. The Morgan fingerprint density at radius 2 is 1.87 bits per heavy atom. The number of hydrogen-bond donors (Lipinski definition) is 5. The Morgan fingerprint density at radius 3 is 2.52 bits per heavy atom. The summed E-state index contributed by atoms with van der Waals surface area (Å²) in [6.07, 6.45) is 0.0506. The monoisotopic (exact) mass is 446 g/mol. The van der Waals surface area contributed by atoms with Gasteiger partial charge in [-0.2, -0.15) is 0 Å². The summed E-state index contributed by atoms with van der Waals surface area (Å²) in [4.78, 5) is 38.4. The number of guanidine groups is 1. The molecule has 7 N–H and O–H groups in total. The van der Waals surface area contributed by atoms with Crippen molar-refractivity contribution in [2.24, 2.45) is 4.99 Å². The van der Waals surface area contributed by atoms with Crippen LogP contribution in [0.1, 0.15) is 28.9 Å². The quantitative estimate of drug-likeness (QED) is 0.345. The number of carboxylic acid groups (broad SMARTS) is 1. The largest absolute Gasteiger partial charge is 0.465 e. The van der Waals surface area contributed by atoms with Gasteiger partial charge in [0.2, 0.25) is 5.96 Å². The molecule has 0 radical (unpaired) electrons. The van der Waals surface area contributed by atoms with Crippen LogP contribution in [0.3, 0.4) is 0 Å². The minimum atomic E-state index is -1.35. The minimum Gasteiger partial charge on any atom is -0.465 e. The molecule has 0 spiro atoms. The van der Waals surface area contributed by atoms with E-state index in [2.05, 4.69) is 25.6 Å². The maximum absolute atomic E-state index is 13.4. The first-order chi connectivity index (χ1) is 14.8. The Balaban J connectivity index is 2.04. The lowest BCUT2D eigenvalue weighted by molar-refractivity contribution is 0.0830.